The molecule has 1 fully saturated rings. The third-order valence-electron chi connectivity index (χ3n) is 3.84. The van der Waals surface area contributed by atoms with Crippen LogP contribution in [0.15, 0.2) is 29.2 Å². The van der Waals surface area contributed by atoms with Gasteiger partial charge in [0.1, 0.15) is 0 Å². The van der Waals surface area contributed by atoms with Crippen molar-refractivity contribution >= 4 is 16.1 Å². The molecule has 2 amide bonds. The molecule has 2 rings (SSSR count). The van der Waals surface area contributed by atoms with Crippen molar-refractivity contribution in [3.63, 3.8) is 0 Å². The Kier molecular flexibility index (Phi) is 5.42. The molecule has 7 heteroatoms. The summed E-state index contributed by atoms with van der Waals surface area (Å²) in [5.41, 5.74) is 0.616. The van der Waals surface area contributed by atoms with Gasteiger partial charge in [0.15, 0.2) is 0 Å². The molecule has 0 spiro atoms. The number of sulfonamides is 1. The molecule has 0 heterocycles. The summed E-state index contributed by atoms with van der Waals surface area (Å²) >= 11 is 0. The molecule has 1 saturated carbocycles. The van der Waals surface area contributed by atoms with Gasteiger partial charge in [0.05, 0.1) is 11.0 Å². The molecule has 6 nitrogen and oxygen atoms in total. The lowest BCUT2D eigenvalue weighted by Gasteiger charge is -2.22. The second kappa shape index (κ2) is 7.11. The van der Waals surface area contributed by atoms with E-state index in [-0.39, 0.29) is 10.9 Å². The van der Waals surface area contributed by atoms with Gasteiger partial charge in [-0.15, -0.1) is 0 Å². The number of hydrogen-bond acceptors (Lipinski definition) is 4. The van der Waals surface area contributed by atoms with Gasteiger partial charge in [-0.3, -0.25) is 0 Å². The lowest BCUT2D eigenvalue weighted by molar-refractivity contribution is 0.199. The van der Waals surface area contributed by atoms with Gasteiger partial charge in [0, 0.05) is 6.04 Å². The first-order valence-corrected chi connectivity index (χ1v) is 8.98. The predicted octanol–water partition coefficient (Wildman–Crippen LogP) is 2.06. The van der Waals surface area contributed by atoms with Crippen LogP contribution in [0.25, 0.3) is 0 Å². The van der Waals surface area contributed by atoms with Gasteiger partial charge in [0.25, 0.3) is 10.0 Å². The van der Waals surface area contributed by atoms with Crippen LogP contribution in [0.1, 0.15) is 50.7 Å². The quantitative estimate of drug-likeness (QED) is 0.789. The zero-order chi connectivity index (χ0) is 16.2. The number of amides is 2. The maximum absolute atomic E-state index is 12.1. The van der Waals surface area contributed by atoms with Crippen molar-refractivity contribution in [2.24, 2.45) is 0 Å². The fourth-order valence-corrected chi connectivity index (χ4v) is 3.48. The molecule has 122 valence electrons. The Morgan fingerprint density at radius 1 is 1.18 bits per heavy atom. The molecule has 0 aliphatic heterocycles. The molecule has 0 radical (unpaired) electrons. The first-order chi connectivity index (χ1) is 10.4. The van der Waals surface area contributed by atoms with E-state index in [1.807, 2.05) is 4.72 Å². The van der Waals surface area contributed by atoms with Crippen molar-refractivity contribution < 1.29 is 18.3 Å². The number of carbonyl (C=O) groups excluding carboxylic acids is 1. The van der Waals surface area contributed by atoms with E-state index < -0.39 is 22.2 Å². The number of aliphatic hydroxyl groups excluding tert-OH is 1. The van der Waals surface area contributed by atoms with E-state index >= 15 is 0 Å². The highest BCUT2D eigenvalue weighted by Gasteiger charge is 2.21. The fraction of sp³-hybridized carbons (Fsp3) is 0.533. The summed E-state index contributed by atoms with van der Waals surface area (Å²) in [7, 11) is -3.90. The smallest absolute Gasteiger partial charge is 0.328 e. The molecular weight excluding hydrogens is 304 g/mol. The van der Waals surface area contributed by atoms with E-state index in [0.717, 1.165) is 32.1 Å². The molecule has 22 heavy (non-hydrogen) atoms. The molecule has 0 saturated heterocycles. The van der Waals surface area contributed by atoms with Crippen LogP contribution in [-0.2, 0) is 10.0 Å². The van der Waals surface area contributed by atoms with Gasteiger partial charge in [-0.2, -0.15) is 0 Å². The van der Waals surface area contributed by atoms with Gasteiger partial charge >= 0.3 is 6.03 Å². The Balaban J connectivity index is 1.98. The summed E-state index contributed by atoms with van der Waals surface area (Å²) in [5.74, 6) is 0. The number of benzene rings is 1. The molecule has 1 aliphatic rings. The number of aliphatic hydroxyl groups is 1. The van der Waals surface area contributed by atoms with Gasteiger partial charge < -0.3 is 10.4 Å². The van der Waals surface area contributed by atoms with Crippen LogP contribution in [0.3, 0.4) is 0 Å². The number of urea groups is 1. The molecule has 0 unspecified atom stereocenters. The van der Waals surface area contributed by atoms with Crippen LogP contribution >= 0.6 is 0 Å². The molecule has 0 aromatic heterocycles. The number of carbonyl (C=O) groups is 1. The Morgan fingerprint density at radius 2 is 1.77 bits per heavy atom. The van der Waals surface area contributed by atoms with Gasteiger partial charge in [-0.05, 0) is 37.5 Å². The molecule has 1 atom stereocenters. The average Bonchev–Trinajstić information content (AvgIpc) is 2.47. The van der Waals surface area contributed by atoms with Crippen molar-refractivity contribution in [3.05, 3.63) is 29.8 Å². The summed E-state index contributed by atoms with van der Waals surface area (Å²) in [6, 6.07) is 5.15. The van der Waals surface area contributed by atoms with E-state index in [4.69, 9.17) is 0 Å². The van der Waals surface area contributed by atoms with Crippen LogP contribution in [0.5, 0.6) is 0 Å². The molecule has 1 aromatic rings. The highest BCUT2D eigenvalue weighted by molar-refractivity contribution is 7.90. The van der Waals surface area contributed by atoms with E-state index in [1.165, 1.54) is 24.3 Å². The highest BCUT2D eigenvalue weighted by Crippen LogP contribution is 2.18. The van der Waals surface area contributed by atoms with Crippen LogP contribution in [0.4, 0.5) is 4.79 Å². The minimum absolute atomic E-state index is 0.00399. The van der Waals surface area contributed by atoms with Crippen molar-refractivity contribution in [1.82, 2.24) is 10.0 Å². The Bertz CT molecular complexity index is 605. The summed E-state index contributed by atoms with van der Waals surface area (Å²) in [5, 5.41) is 12.1. The monoisotopic (exact) mass is 326 g/mol. The fourth-order valence-electron chi connectivity index (χ4n) is 2.57. The van der Waals surface area contributed by atoms with Gasteiger partial charge in [-0.25, -0.2) is 17.9 Å². The lowest BCUT2D eigenvalue weighted by Crippen LogP contribution is -2.45. The van der Waals surface area contributed by atoms with Crippen LogP contribution in [0.2, 0.25) is 0 Å². The molecule has 3 N–H and O–H groups in total. The predicted molar refractivity (Wildman–Crippen MR) is 82.8 cm³/mol. The average molecular weight is 326 g/mol. The minimum Gasteiger partial charge on any atom is -0.389 e. The maximum atomic E-state index is 12.1. The third-order valence-corrected chi connectivity index (χ3v) is 5.19. The molecule has 1 aromatic carbocycles. The number of nitrogens with one attached hydrogen (secondary N) is 2. The standard InChI is InChI=1S/C15H22N2O4S/c1-11(18)12-7-9-14(10-8-12)22(20,21)17-15(19)16-13-5-3-2-4-6-13/h7-11,13,18H,2-6H2,1H3,(H2,16,17,19)/t11-/m0/s1. The van der Waals surface area contributed by atoms with Crippen LogP contribution in [0, 0.1) is 0 Å². The molecular formula is C15H22N2O4S. The van der Waals surface area contributed by atoms with Crippen LogP contribution < -0.4 is 10.0 Å². The Morgan fingerprint density at radius 3 is 2.32 bits per heavy atom. The first-order valence-electron chi connectivity index (χ1n) is 7.50. The van der Waals surface area contributed by atoms with Gasteiger partial charge in [0.2, 0.25) is 0 Å². The van der Waals surface area contributed by atoms with E-state index in [0.29, 0.717) is 5.56 Å². The van der Waals surface area contributed by atoms with E-state index in [1.54, 1.807) is 6.92 Å². The largest absolute Gasteiger partial charge is 0.389 e. The zero-order valence-electron chi connectivity index (χ0n) is 12.6. The van der Waals surface area contributed by atoms with Gasteiger partial charge in [-0.1, -0.05) is 31.4 Å². The first kappa shape index (κ1) is 16.8. The van der Waals surface area contributed by atoms with Crippen molar-refractivity contribution in [2.75, 3.05) is 0 Å². The Labute approximate surface area is 131 Å². The van der Waals surface area contributed by atoms with Crippen molar-refractivity contribution in [2.45, 2.75) is 56.1 Å². The molecule has 0 bridgehead atoms. The summed E-state index contributed by atoms with van der Waals surface area (Å²) in [6.07, 6.45) is 4.37. The second-order valence-electron chi connectivity index (χ2n) is 5.66. The normalized spacial score (nSPS) is 17.7. The Hall–Kier alpha value is -1.60. The lowest BCUT2D eigenvalue weighted by atomic mass is 9.96. The van der Waals surface area contributed by atoms with Crippen molar-refractivity contribution in [1.29, 1.82) is 0 Å². The molecule has 1 aliphatic carbocycles. The van der Waals surface area contributed by atoms with Crippen LogP contribution in [-0.4, -0.2) is 25.6 Å². The van der Waals surface area contributed by atoms with E-state index in [9.17, 15) is 18.3 Å². The summed E-state index contributed by atoms with van der Waals surface area (Å²) < 4.78 is 26.3. The number of rotatable bonds is 4. The third kappa shape index (κ3) is 4.45. The maximum Gasteiger partial charge on any atom is 0.328 e. The topological polar surface area (TPSA) is 95.5 Å². The highest BCUT2D eigenvalue weighted by atomic mass is 32.2. The van der Waals surface area contributed by atoms with E-state index in [2.05, 4.69) is 5.32 Å². The zero-order valence-corrected chi connectivity index (χ0v) is 13.4. The minimum atomic E-state index is -3.90. The van der Waals surface area contributed by atoms with Crippen molar-refractivity contribution in [3.8, 4) is 0 Å². The second-order valence-corrected chi connectivity index (χ2v) is 7.34. The summed E-state index contributed by atoms with van der Waals surface area (Å²) in [6.45, 7) is 1.60. The number of hydrogen-bond donors (Lipinski definition) is 3. The summed E-state index contributed by atoms with van der Waals surface area (Å²) in [4.78, 5) is 11.8. The SMILES string of the molecule is C[C@H](O)c1ccc(S(=O)(=O)NC(=O)NC2CCCCC2)cc1.